The Balaban J connectivity index is 2.45. The fraction of sp³-hybridized carbons (Fsp3) is 0.375. The molecule has 4 nitrogen and oxygen atoms in total. The van der Waals surface area contributed by atoms with Crippen LogP contribution in [-0.4, -0.2) is 29.5 Å². The van der Waals surface area contributed by atoms with Gasteiger partial charge in [-0.1, -0.05) is 16.8 Å². The molecule has 0 aliphatic rings. The molecule has 0 unspecified atom stereocenters. The Labute approximate surface area is 91.6 Å². The van der Waals surface area contributed by atoms with E-state index >= 15 is 0 Å². The minimum absolute atomic E-state index is 0.204. The quantitative estimate of drug-likeness (QED) is 0.359. The summed E-state index contributed by atoms with van der Waals surface area (Å²) >= 11 is 7.32. The average Bonchev–Trinajstić information content (AvgIpc) is 2.50. The van der Waals surface area contributed by atoms with Crippen molar-refractivity contribution in [2.75, 3.05) is 13.6 Å². The van der Waals surface area contributed by atoms with Crippen LogP contribution in [0.25, 0.3) is 0 Å². The van der Waals surface area contributed by atoms with Gasteiger partial charge in [0.05, 0.1) is 10.9 Å². The van der Waals surface area contributed by atoms with Crippen LogP contribution in [0.15, 0.2) is 17.3 Å². The molecule has 0 bridgehead atoms. The molecule has 6 heteroatoms. The van der Waals surface area contributed by atoms with Crippen LogP contribution < -0.4 is 5.73 Å². The van der Waals surface area contributed by atoms with E-state index in [0.29, 0.717) is 6.54 Å². The monoisotopic (exact) mass is 233 g/mol. The zero-order chi connectivity index (χ0) is 10.6. The van der Waals surface area contributed by atoms with Crippen LogP contribution in [0, 0.1) is 0 Å². The second-order valence-corrected chi connectivity index (χ2v) is 4.77. The van der Waals surface area contributed by atoms with Crippen molar-refractivity contribution in [2.45, 2.75) is 6.54 Å². The fourth-order valence-electron chi connectivity index (χ4n) is 1.07. The van der Waals surface area contributed by atoms with Gasteiger partial charge in [0.15, 0.2) is 5.84 Å². The Hall–Kier alpha value is -0.780. The molecule has 14 heavy (non-hydrogen) atoms. The number of likely N-dealkylation sites (N-methyl/N-ethyl adjacent to an activating group) is 1. The SMILES string of the molecule is CN(CC(N)=NO)Cc1ccc(Cl)s1. The molecule has 0 aromatic carbocycles. The van der Waals surface area contributed by atoms with Crippen LogP contribution in [0.1, 0.15) is 4.88 Å². The standard InChI is InChI=1S/C8H12ClN3OS/c1-12(5-8(10)11-13)4-6-2-3-7(9)14-6/h2-3,13H,4-5H2,1H3,(H2,10,11). The molecule has 0 amide bonds. The van der Waals surface area contributed by atoms with E-state index in [9.17, 15) is 0 Å². The molecule has 3 N–H and O–H groups in total. The first kappa shape index (κ1) is 11.3. The van der Waals surface area contributed by atoms with E-state index in [0.717, 1.165) is 15.8 Å². The molecular formula is C8H12ClN3OS. The Kier molecular flexibility index (Phi) is 4.19. The molecule has 1 heterocycles. The lowest BCUT2D eigenvalue weighted by atomic mass is 10.4. The Morgan fingerprint density at radius 2 is 2.43 bits per heavy atom. The zero-order valence-corrected chi connectivity index (χ0v) is 9.35. The first-order valence-electron chi connectivity index (χ1n) is 4.01. The largest absolute Gasteiger partial charge is 0.409 e. The van der Waals surface area contributed by atoms with Crippen LogP contribution in [0.4, 0.5) is 0 Å². The number of hydrogen-bond acceptors (Lipinski definition) is 4. The minimum atomic E-state index is 0.204. The van der Waals surface area contributed by atoms with E-state index in [1.54, 1.807) is 0 Å². The molecule has 0 fully saturated rings. The van der Waals surface area contributed by atoms with Gasteiger partial charge in [-0.2, -0.15) is 0 Å². The highest BCUT2D eigenvalue weighted by atomic mass is 35.5. The number of oxime groups is 1. The Bertz CT molecular complexity index is 326. The number of thiophene rings is 1. The van der Waals surface area contributed by atoms with E-state index in [1.807, 2.05) is 24.1 Å². The Morgan fingerprint density at radius 3 is 2.93 bits per heavy atom. The van der Waals surface area contributed by atoms with Crippen LogP contribution in [0.5, 0.6) is 0 Å². The molecule has 0 saturated heterocycles. The zero-order valence-electron chi connectivity index (χ0n) is 7.77. The maximum Gasteiger partial charge on any atom is 0.153 e. The topological polar surface area (TPSA) is 61.8 Å². The third-order valence-electron chi connectivity index (χ3n) is 1.61. The second-order valence-electron chi connectivity index (χ2n) is 2.97. The van der Waals surface area contributed by atoms with Crippen molar-refractivity contribution >= 4 is 28.8 Å². The number of nitrogens with zero attached hydrogens (tertiary/aromatic N) is 2. The van der Waals surface area contributed by atoms with Gasteiger partial charge < -0.3 is 10.9 Å². The van der Waals surface area contributed by atoms with E-state index in [1.165, 1.54) is 11.3 Å². The van der Waals surface area contributed by atoms with Gasteiger partial charge in [-0.3, -0.25) is 4.90 Å². The maximum atomic E-state index is 8.37. The molecule has 0 atom stereocenters. The molecule has 0 aliphatic carbocycles. The fourth-order valence-corrected chi connectivity index (χ4v) is 2.23. The molecule has 0 spiro atoms. The van der Waals surface area contributed by atoms with Gasteiger partial charge in [0.2, 0.25) is 0 Å². The summed E-state index contributed by atoms with van der Waals surface area (Å²) in [6.07, 6.45) is 0. The summed E-state index contributed by atoms with van der Waals surface area (Å²) < 4.78 is 0.775. The summed E-state index contributed by atoms with van der Waals surface area (Å²) in [6.45, 7) is 1.18. The molecular weight excluding hydrogens is 222 g/mol. The highest BCUT2D eigenvalue weighted by molar-refractivity contribution is 7.16. The van der Waals surface area contributed by atoms with Crippen molar-refractivity contribution in [1.82, 2.24) is 4.90 Å². The molecule has 0 saturated carbocycles. The number of amidine groups is 1. The van der Waals surface area contributed by atoms with Crippen molar-refractivity contribution in [3.63, 3.8) is 0 Å². The second kappa shape index (κ2) is 5.19. The van der Waals surface area contributed by atoms with E-state index < -0.39 is 0 Å². The van der Waals surface area contributed by atoms with Crippen molar-refractivity contribution in [1.29, 1.82) is 0 Å². The summed E-state index contributed by atoms with van der Waals surface area (Å²) in [6, 6.07) is 3.83. The third-order valence-corrected chi connectivity index (χ3v) is 2.83. The van der Waals surface area contributed by atoms with Crippen LogP contribution in [-0.2, 0) is 6.54 Å². The summed E-state index contributed by atoms with van der Waals surface area (Å²) in [5.74, 6) is 0.204. The molecule has 0 aliphatic heterocycles. The summed E-state index contributed by atoms with van der Waals surface area (Å²) in [5.41, 5.74) is 5.37. The van der Waals surface area contributed by atoms with Crippen molar-refractivity contribution in [3.8, 4) is 0 Å². The molecule has 1 aromatic heterocycles. The van der Waals surface area contributed by atoms with Crippen molar-refractivity contribution in [2.24, 2.45) is 10.9 Å². The van der Waals surface area contributed by atoms with Crippen LogP contribution in [0.3, 0.4) is 0 Å². The highest BCUT2D eigenvalue weighted by Gasteiger charge is 2.04. The van der Waals surface area contributed by atoms with Gasteiger partial charge in [-0.05, 0) is 19.2 Å². The smallest absolute Gasteiger partial charge is 0.153 e. The number of hydrogen-bond donors (Lipinski definition) is 2. The molecule has 0 radical (unpaired) electrons. The molecule has 78 valence electrons. The van der Waals surface area contributed by atoms with Gasteiger partial charge in [0.1, 0.15) is 0 Å². The number of rotatable bonds is 4. The van der Waals surface area contributed by atoms with Gasteiger partial charge in [0, 0.05) is 11.4 Å². The van der Waals surface area contributed by atoms with Crippen LogP contribution in [0.2, 0.25) is 4.34 Å². The number of nitrogens with two attached hydrogens (primary N) is 1. The highest BCUT2D eigenvalue weighted by Crippen LogP contribution is 2.22. The lowest BCUT2D eigenvalue weighted by Crippen LogP contribution is -2.30. The van der Waals surface area contributed by atoms with Gasteiger partial charge in [0.25, 0.3) is 0 Å². The van der Waals surface area contributed by atoms with E-state index in [-0.39, 0.29) is 5.84 Å². The number of halogens is 1. The molecule has 1 aromatic rings. The Morgan fingerprint density at radius 1 is 1.71 bits per heavy atom. The minimum Gasteiger partial charge on any atom is -0.409 e. The predicted molar refractivity (Wildman–Crippen MR) is 59.1 cm³/mol. The normalized spacial score (nSPS) is 12.4. The van der Waals surface area contributed by atoms with Gasteiger partial charge >= 0.3 is 0 Å². The summed E-state index contributed by atoms with van der Waals surface area (Å²) in [5, 5.41) is 11.3. The lowest BCUT2D eigenvalue weighted by molar-refractivity contribution is 0.308. The van der Waals surface area contributed by atoms with Crippen molar-refractivity contribution < 1.29 is 5.21 Å². The van der Waals surface area contributed by atoms with E-state index in [4.69, 9.17) is 22.5 Å². The lowest BCUT2D eigenvalue weighted by Gasteiger charge is -2.13. The first-order chi connectivity index (χ1) is 6.61. The first-order valence-corrected chi connectivity index (χ1v) is 5.20. The van der Waals surface area contributed by atoms with E-state index in [2.05, 4.69) is 5.16 Å². The van der Waals surface area contributed by atoms with Crippen LogP contribution >= 0.6 is 22.9 Å². The summed E-state index contributed by atoms with van der Waals surface area (Å²) in [7, 11) is 1.89. The summed E-state index contributed by atoms with van der Waals surface area (Å²) in [4.78, 5) is 3.10. The molecule has 1 rings (SSSR count). The average molecular weight is 234 g/mol. The third kappa shape index (κ3) is 3.53. The van der Waals surface area contributed by atoms with Crippen molar-refractivity contribution in [3.05, 3.63) is 21.3 Å². The van der Waals surface area contributed by atoms with Gasteiger partial charge in [-0.15, -0.1) is 11.3 Å². The predicted octanol–water partition coefficient (Wildman–Crippen LogP) is 1.58. The maximum absolute atomic E-state index is 8.37. The van der Waals surface area contributed by atoms with Gasteiger partial charge in [-0.25, -0.2) is 0 Å².